The van der Waals surface area contributed by atoms with Crippen molar-refractivity contribution in [2.24, 2.45) is 0 Å². The number of hydrogen-bond donors (Lipinski definition) is 1. The van der Waals surface area contributed by atoms with E-state index in [9.17, 15) is 0 Å². The molecule has 1 N–H and O–H groups in total. The highest BCUT2D eigenvalue weighted by molar-refractivity contribution is 9.10. The SMILES string of the molecule is CNC(CSc1cccc(Br)c1)Cc1nccs1. The third kappa shape index (κ3) is 4.39. The van der Waals surface area contributed by atoms with E-state index in [1.54, 1.807) is 11.3 Å². The lowest BCUT2D eigenvalue weighted by atomic mass is 10.2. The highest BCUT2D eigenvalue weighted by atomic mass is 79.9. The van der Waals surface area contributed by atoms with Crippen molar-refractivity contribution in [3.05, 3.63) is 45.3 Å². The second kappa shape index (κ2) is 7.28. The summed E-state index contributed by atoms with van der Waals surface area (Å²) in [7, 11) is 2.01. The summed E-state index contributed by atoms with van der Waals surface area (Å²) in [6.45, 7) is 0. The molecule has 1 unspecified atom stereocenters. The summed E-state index contributed by atoms with van der Waals surface area (Å²) in [4.78, 5) is 5.63. The van der Waals surface area contributed by atoms with Crippen molar-refractivity contribution in [1.29, 1.82) is 0 Å². The molecule has 18 heavy (non-hydrogen) atoms. The Bertz CT molecular complexity index is 474. The monoisotopic (exact) mass is 342 g/mol. The van der Waals surface area contributed by atoms with Crippen LogP contribution in [0.15, 0.2) is 45.2 Å². The minimum absolute atomic E-state index is 0.458. The van der Waals surface area contributed by atoms with Crippen LogP contribution in [0.2, 0.25) is 0 Å². The van der Waals surface area contributed by atoms with E-state index in [2.05, 4.69) is 50.5 Å². The molecule has 0 saturated carbocycles. The Kier molecular flexibility index (Phi) is 5.69. The molecule has 96 valence electrons. The van der Waals surface area contributed by atoms with E-state index < -0.39 is 0 Å². The van der Waals surface area contributed by atoms with Crippen molar-refractivity contribution < 1.29 is 0 Å². The van der Waals surface area contributed by atoms with E-state index in [-0.39, 0.29) is 0 Å². The van der Waals surface area contributed by atoms with E-state index in [1.165, 1.54) is 9.90 Å². The highest BCUT2D eigenvalue weighted by Crippen LogP contribution is 2.23. The first-order valence-corrected chi connectivity index (χ1v) is 8.38. The van der Waals surface area contributed by atoms with Crippen molar-refractivity contribution in [2.75, 3.05) is 12.8 Å². The van der Waals surface area contributed by atoms with Crippen molar-refractivity contribution in [3.63, 3.8) is 0 Å². The summed E-state index contributed by atoms with van der Waals surface area (Å²) in [6.07, 6.45) is 2.86. The topological polar surface area (TPSA) is 24.9 Å². The van der Waals surface area contributed by atoms with Gasteiger partial charge in [0.15, 0.2) is 0 Å². The van der Waals surface area contributed by atoms with Gasteiger partial charge in [-0.25, -0.2) is 4.98 Å². The molecule has 2 rings (SSSR count). The molecule has 0 aliphatic rings. The number of aromatic nitrogens is 1. The second-order valence-electron chi connectivity index (χ2n) is 3.88. The zero-order valence-corrected chi connectivity index (χ0v) is 13.3. The predicted molar refractivity (Wildman–Crippen MR) is 83.5 cm³/mol. The Labute approximate surface area is 124 Å². The fourth-order valence-electron chi connectivity index (χ4n) is 1.56. The lowest BCUT2D eigenvalue weighted by molar-refractivity contribution is 0.615. The van der Waals surface area contributed by atoms with Crippen LogP contribution in [-0.2, 0) is 6.42 Å². The lowest BCUT2D eigenvalue weighted by Crippen LogP contribution is -2.29. The van der Waals surface area contributed by atoms with Gasteiger partial charge in [0.25, 0.3) is 0 Å². The average molecular weight is 343 g/mol. The summed E-state index contributed by atoms with van der Waals surface area (Å²) in [5.74, 6) is 1.05. The van der Waals surface area contributed by atoms with E-state index in [4.69, 9.17) is 0 Å². The molecule has 2 nitrogen and oxygen atoms in total. The van der Waals surface area contributed by atoms with Gasteiger partial charge in [-0.2, -0.15) is 0 Å². The van der Waals surface area contributed by atoms with Gasteiger partial charge in [-0.15, -0.1) is 23.1 Å². The third-order valence-electron chi connectivity index (χ3n) is 2.56. The normalized spacial score (nSPS) is 12.6. The maximum atomic E-state index is 4.33. The summed E-state index contributed by atoms with van der Waals surface area (Å²) in [5.41, 5.74) is 0. The van der Waals surface area contributed by atoms with Crippen molar-refractivity contribution in [1.82, 2.24) is 10.3 Å². The van der Waals surface area contributed by atoms with Crippen molar-refractivity contribution in [2.45, 2.75) is 17.4 Å². The fourth-order valence-corrected chi connectivity index (χ4v) is 3.87. The van der Waals surface area contributed by atoms with Crippen LogP contribution in [0.3, 0.4) is 0 Å². The third-order valence-corrected chi connectivity index (χ3v) is 5.01. The number of nitrogens with one attached hydrogen (secondary N) is 1. The molecule has 1 heterocycles. The molecule has 0 aliphatic carbocycles. The fraction of sp³-hybridized carbons (Fsp3) is 0.308. The van der Waals surface area contributed by atoms with Gasteiger partial charge in [0.2, 0.25) is 0 Å². The molecule has 1 aromatic carbocycles. The number of halogens is 1. The van der Waals surface area contributed by atoms with Gasteiger partial charge in [0, 0.05) is 39.2 Å². The minimum atomic E-state index is 0.458. The van der Waals surface area contributed by atoms with Crippen LogP contribution < -0.4 is 5.32 Å². The molecule has 0 aliphatic heterocycles. The van der Waals surface area contributed by atoms with Crippen LogP contribution in [-0.4, -0.2) is 23.8 Å². The molecule has 0 radical (unpaired) electrons. The number of rotatable bonds is 6. The Morgan fingerprint density at radius 3 is 3.06 bits per heavy atom. The Morgan fingerprint density at radius 1 is 1.50 bits per heavy atom. The summed E-state index contributed by atoms with van der Waals surface area (Å²) < 4.78 is 1.13. The number of nitrogens with zero attached hydrogens (tertiary/aromatic N) is 1. The molecule has 0 saturated heterocycles. The lowest BCUT2D eigenvalue weighted by Gasteiger charge is -2.14. The minimum Gasteiger partial charge on any atom is -0.316 e. The first-order valence-electron chi connectivity index (χ1n) is 5.72. The molecule has 0 amide bonds. The molecule has 0 bridgehead atoms. The van der Waals surface area contributed by atoms with Gasteiger partial charge < -0.3 is 5.32 Å². The quantitative estimate of drug-likeness (QED) is 0.807. The Balaban J connectivity index is 1.87. The first kappa shape index (κ1) is 14.1. The highest BCUT2D eigenvalue weighted by Gasteiger charge is 2.09. The van der Waals surface area contributed by atoms with E-state index in [0.717, 1.165) is 16.6 Å². The van der Waals surface area contributed by atoms with Gasteiger partial charge in [0.1, 0.15) is 0 Å². The average Bonchev–Trinajstić information content (AvgIpc) is 2.87. The molecule has 1 atom stereocenters. The van der Waals surface area contributed by atoms with E-state index in [0.29, 0.717) is 6.04 Å². The maximum absolute atomic E-state index is 4.33. The zero-order valence-electron chi connectivity index (χ0n) is 10.1. The van der Waals surface area contributed by atoms with Crippen molar-refractivity contribution in [3.8, 4) is 0 Å². The summed E-state index contributed by atoms with van der Waals surface area (Å²) >= 11 is 7.09. The predicted octanol–water partition coefficient (Wildman–Crippen LogP) is 3.83. The Morgan fingerprint density at radius 2 is 2.39 bits per heavy atom. The first-order chi connectivity index (χ1) is 8.78. The summed E-state index contributed by atoms with van der Waals surface area (Å²) in [5, 5.41) is 6.59. The van der Waals surface area contributed by atoms with Crippen LogP contribution >= 0.6 is 39.0 Å². The van der Waals surface area contributed by atoms with E-state index in [1.807, 2.05) is 30.4 Å². The molecule has 5 heteroatoms. The van der Waals surface area contributed by atoms with Gasteiger partial charge in [-0.3, -0.25) is 0 Å². The van der Waals surface area contributed by atoms with Crippen LogP contribution in [0, 0.1) is 0 Å². The van der Waals surface area contributed by atoms with Crippen LogP contribution in [0.25, 0.3) is 0 Å². The number of benzene rings is 1. The van der Waals surface area contributed by atoms with Gasteiger partial charge >= 0.3 is 0 Å². The standard InChI is InChI=1S/C13H15BrN2S2/c1-15-11(8-13-16-5-6-17-13)9-18-12-4-2-3-10(14)7-12/h2-7,11,15H,8-9H2,1H3. The smallest absolute Gasteiger partial charge is 0.0940 e. The molecule has 0 fully saturated rings. The zero-order chi connectivity index (χ0) is 12.8. The van der Waals surface area contributed by atoms with E-state index >= 15 is 0 Å². The number of thiazole rings is 1. The molecule has 0 spiro atoms. The largest absolute Gasteiger partial charge is 0.316 e. The number of thioether (sulfide) groups is 1. The number of hydrogen-bond acceptors (Lipinski definition) is 4. The molecular weight excluding hydrogens is 328 g/mol. The van der Waals surface area contributed by atoms with Gasteiger partial charge in [-0.05, 0) is 25.2 Å². The number of likely N-dealkylation sites (N-methyl/N-ethyl adjacent to an activating group) is 1. The van der Waals surface area contributed by atoms with Crippen molar-refractivity contribution >= 4 is 39.0 Å². The molecule has 2 aromatic rings. The maximum Gasteiger partial charge on any atom is 0.0940 e. The van der Waals surface area contributed by atoms with Crippen LogP contribution in [0.5, 0.6) is 0 Å². The second-order valence-corrected chi connectivity index (χ2v) is 6.87. The van der Waals surface area contributed by atoms with Crippen LogP contribution in [0.4, 0.5) is 0 Å². The molecule has 1 aromatic heterocycles. The Hall–Kier alpha value is -0.360. The molecular formula is C13H15BrN2S2. The summed E-state index contributed by atoms with van der Waals surface area (Å²) in [6, 6.07) is 8.88. The van der Waals surface area contributed by atoms with Gasteiger partial charge in [-0.1, -0.05) is 22.0 Å². The van der Waals surface area contributed by atoms with Crippen LogP contribution in [0.1, 0.15) is 5.01 Å². The van der Waals surface area contributed by atoms with Gasteiger partial charge in [0.05, 0.1) is 5.01 Å².